The average molecular weight is 276 g/mol. The van der Waals surface area contributed by atoms with Crippen molar-refractivity contribution in [1.29, 1.82) is 0 Å². The summed E-state index contributed by atoms with van der Waals surface area (Å²) in [5.74, 6) is 2.52. The quantitative estimate of drug-likeness (QED) is 0.802. The fraction of sp³-hybridized carbons (Fsp3) is 1.00. The SMILES string of the molecule is O=S(=O)(O)C(F)CCC12CC3CC(C3)CC(C1)C2. The highest BCUT2D eigenvalue weighted by Gasteiger charge is 2.51. The van der Waals surface area contributed by atoms with E-state index in [9.17, 15) is 12.8 Å². The van der Waals surface area contributed by atoms with Crippen molar-refractivity contribution in [3.63, 3.8) is 0 Å². The van der Waals surface area contributed by atoms with Gasteiger partial charge in [0.05, 0.1) is 0 Å². The molecule has 4 bridgehead atoms. The molecule has 6 aliphatic carbocycles. The molecule has 0 aromatic rings. The Hall–Kier alpha value is -0.160. The summed E-state index contributed by atoms with van der Waals surface area (Å²) >= 11 is 0. The number of halogens is 1. The van der Waals surface area contributed by atoms with Gasteiger partial charge in [-0.05, 0) is 74.5 Å². The van der Waals surface area contributed by atoms with Gasteiger partial charge in [0.1, 0.15) is 0 Å². The van der Waals surface area contributed by atoms with E-state index in [4.69, 9.17) is 4.55 Å². The molecule has 3 nitrogen and oxygen atoms in total. The fourth-order valence-electron chi connectivity index (χ4n) is 4.69. The summed E-state index contributed by atoms with van der Waals surface area (Å²) in [6, 6.07) is 0. The molecule has 1 atom stereocenters. The number of alkyl halides is 1. The molecule has 0 aromatic carbocycles. The highest BCUT2D eigenvalue weighted by molar-refractivity contribution is 7.86. The molecule has 0 aromatic heterocycles. The third-order valence-corrected chi connectivity index (χ3v) is 6.27. The Morgan fingerprint density at radius 3 is 2.28 bits per heavy atom. The highest BCUT2D eigenvalue weighted by atomic mass is 32.2. The van der Waals surface area contributed by atoms with Crippen LogP contribution in [-0.2, 0) is 10.1 Å². The Kier molecular flexibility index (Phi) is 2.98. The Balaban J connectivity index is 1.59. The average Bonchev–Trinajstić information content (AvgIpc) is 2.07. The second-order valence-electron chi connectivity index (χ2n) is 6.88. The van der Waals surface area contributed by atoms with Gasteiger partial charge >= 0.3 is 0 Å². The molecule has 18 heavy (non-hydrogen) atoms. The Morgan fingerprint density at radius 1 is 1.11 bits per heavy atom. The molecule has 104 valence electrons. The summed E-state index contributed by atoms with van der Waals surface area (Å²) in [6.07, 6.45) is 8.02. The van der Waals surface area contributed by atoms with Gasteiger partial charge in [-0.2, -0.15) is 8.42 Å². The lowest BCUT2D eigenvalue weighted by Crippen LogP contribution is -2.46. The van der Waals surface area contributed by atoms with E-state index in [1.807, 2.05) is 0 Å². The Labute approximate surface area is 108 Å². The van der Waals surface area contributed by atoms with Crippen molar-refractivity contribution in [3.8, 4) is 0 Å². The van der Waals surface area contributed by atoms with E-state index in [1.54, 1.807) is 0 Å². The molecule has 0 spiro atoms. The zero-order valence-electron chi connectivity index (χ0n) is 10.5. The van der Waals surface area contributed by atoms with Crippen LogP contribution in [0.5, 0.6) is 0 Å². The van der Waals surface area contributed by atoms with Crippen molar-refractivity contribution in [1.82, 2.24) is 0 Å². The van der Waals surface area contributed by atoms with Crippen LogP contribution in [0.2, 0.25) is 0 Å². The Morgan fingerprint density at radius 2 is 1.67 bits per heavy atom. The van der Waals surface area contributed by atoms with Gasteiger partial charge in [-0.3, -0.25) is 4.55 Å². The zero-order chi connectivity index (χ0) is 13.0. The van der Waals surface area contributed by atoms with Crippen LogP contribution >= 0.6 is 0 Å². The summed E-state index contributed by atoms with van der Waals surface area (Å²) in [6.45, 7) is 0. The topological polar surface area (TPSA) is 54.4 Å². The fourth-order valence-corrected chi connectivity index (χ4v) is 5.11. The van der Waals surface area contributed by atoms with Crippen LogP contribution in [0.1, 0.15) is 51.4 Å². The summed E-state index contributed by atoms with van der Waals surface area (Å²) in [4.78, 5) is 0. The van der Waals surface area contributed by atoms with Crippen molar-refractivity contribution >= 4 is 10.1 Å². The zero-order valence-corrected chi connectivity index (χ0v) is 11.3. The second-order valence-corrected chi connectivity index (χ2v) is 8.42. The predicted molar refractivity (Wildman–Crippen MR) is 66.3 cm³/mol. The molecule has 0 aliphatic heterocycles. The monoisotopic (exact) mass is 276 g/mol. The largest absolute Gasteiger partial charge is 0.297 e. The summed E-state index contributed by atoms with van der Waals surface area (Å²) < 4.78 is 43.4. The maximum atomic E-state index is 13.3. The van der Waals surface area contributed by atoms with E-state index in [2.05, 4.69) is 0 Å². The minimum atomic E-state index is -4.50. The minimum Gasteiger partial charge on any atom is -0.283 e. The molecule has 1 unspecified atom stereocenters. The first kappa shape index (κ1) is 12.9. The standard InChI is InChI=1S/C13H21FO3S/c14-12(18(15,16)17)1-2-13-6-10-3-9(4-10)5-11(7-13)8-13/h9-12H,1-8H2,(H,15,16,17). The number of hydrogen-bond acceptors (Lipinski definition) is 2. The van der Waals surface area contributed by atoms with Gasteiger partial charge in [-0.25, -0.2) is 4.39 Å². The Bertz CT molecular complexity index is 422. The maximum Gasteiger partial charge on any atom is 0.297 e. The van der Waals surface area contributed by atoms with Crippen LogP contribution in [0.4, 0.5) is 4.39 Å². The van der Waals surface area contributed by atoms with Gasteiger partial charge in [-0.1, -0.05) is 0 Å². The lowest BCUT2D eigenvalue weighted by atomic mass is 9.48. The van der Waals surface area contributed by atoms with E-state index in [0.717, 1.165) is 37.0 Å². The second kappa shape index (κ2) is 4.17. The van der Waals surface area contributed by atoms with E-state index < -0.39 is 15.6 Å². The predicted octanol–water partition coefficient (Wildman–Crippen LogP) is 3.17. The summed E-state index contributed by atoms with van der Waals surface area (Å²) in [7, 11) is -4.50. The molecule has 6 saturated carbocycles. The maximum absolute atomic E-state index is 13.3. The van der Waals surface area contributed by atoms with Gasteiger partial charge in [-0.15, -0.1) is 0 Å². The molecule has 0 amide bonds. The van der Waals surface area contributed by atoms with Crippen molar-refractivity contribution in [2.45, 2.75) is 56.9 Å². The minimum absolute atomic E-state index is 0.0400. The molecular formula is C13H21FO3S. The molecule has 6 fully saturated rings. The van der Waals surface area contributed by atoms with E-state index in [-0.39, 0.29) is 11.8 Å². The van der Waals surface area contributed by atoms with E-state index >= 15 is 0 Å². The number of rotatable bonds is 4. The van der Waals surface area contributed by atoms with Crippen LogP contribution in [0.25, 0.3) is 0 Å². The molecular weight excluding hydrogens is 255 g/mol. The van der Waals surface area contributed by atoms with Crippen molar-refractivity contribution < 1.29 is 17.4 Å². The van der Waals surface area contributed by atoms with E-state index in [1.165, 1.54) is 19.3 Å². The smallest absolute Gasteiger partial charge is 0.283 e. The van der Waals surface area contributed by atoms with Gasteiger partial charge in [0.15, 0.2) is 0 Å². The normalized spacial score (nSPS) is 44.2. The van der Waals surface area contributed by atoms with Gasteiger partial charge < -0.3 is 0 Å². The van der Waals surface area contributed by atoms with Crippen LogP contribution < -0.4 is 0 Å². The van der Waals surface area contributed by atoms with Gasteiger partial charge in [0.25, 0.3) is 10.1 Å². The van der Waals surface area contributed by atoms with Gasteiger partial charge in [0.2, 0.25) is 5.50 Å². The third-order valence-electron chi connectivity index (χ3n) is 5.39. The van der Waals surface area contributed by atoms with Crippen molar-refractivity contribution in [2.24, 2.45) is 23.2 Å². The van der Waals surface area contributed by atoms with Crippen molar-refractivity contribution in [3.05, 3.63) is 0 Å². The first-order valence-corrected chi connectivity index (χ1v) is 8.47. The molecule has 5 heteroatoms. The first-order chi connectivity index (χ1) is 8.36. The van der Waals surface area contributed by atoms with Crippen LogP contribution in [0.15, 0.2) is 0 Å². The van der Waals surface area contributed by atoms with Crippen LogP contribution in [0, 0.1) is 23.2 Å². The van der Waals surface area contributed by atoms with Crippen LogP contribution in [-0.4, -0.2) is 18.5 Å². The van der Waals surface area contributed by atoms with E-state index in [0.29, 0.717) is 6.42 Å². The molecule has 0 saturated heterocycles. The molecule has 0 heterocycles. The molecule has 6 aliphatic rings. The third kappa shape index (κ3) is 2.31. The van der Waals surface area contributed by atoms with Crippen LogP contribution in [0.3, 0.4) is 0 Å². The summed E-state index contributed by atoms with van der Waals surface area (Å²) in [5, 5.41) is 0. The molecule has 1 N–H and O–H groups in total. The molecule has 0 radical (unpaired) electrons. The van der Waals surface area contributed by atoms with Crippen molar-refractivity contribution in [2.75, 3.05) is 0 Å². The highest BCUT2D eigenvalue weighted by Crippen LogP contribution is 2.62. The first-order valence-electron chi connectivity index (χ1n) is 6.97. The van der Waals surface area contributed by atoms with Gasteiger partial charge in [0, 0.05) is 0 Å². The number of hydrogen-bond donors (Lipinski definition) is 1. The molecule has 6 rings (SSSR count). The lowest BCUT2D eigenvalue weighted by molar-refractivity contribution is -0.0629. The lowest BCUT2D eigenvalue weighted by Gasteiger charge is -2.57. The summed E-state index contributed by atoms with van der Waals surface area (Å²) in [5.41, 5.74) is -1.90.